The van der Waals surface area contributed by atoms with Gasteiger partial charge in [-0.1, -0.05) is 206 Å². The summed E-state index contributed by atoms with van der Waals surface area (Å²) in [6.07, 6.45) is 48.6. The van der Waals surface area contributed by atoms with Crippen molar-refractivity contribution in [2.75, 3.05) is 13.2 Å². The molecule has 0 saturated carbocycles. The predicted octanol–water partition coefficient (Wildman–Crippen LogP) is 14.1. The lowest BCUT2D eigenvalue weighted by molar-refractivity contribution is -0.161. The minimum atomic E-state index is -0.769. The summed E-state index contributed by atoms with van der Waals surface area (Å²) in [7, 11) is 0. The van der Waals surface area contributed by atoms with Crippen LogP contribution >= 0.6 is 0 Å². The van der Waals surface area contributed by atoms with Crippen molar-refractivity contribution in [2.45, 2.75) is 251 Å². The molecule has 0 amide bonds. The molecule has 0 rings (SSSR count). The molecule has 0 bridgehead atoms. The Hall–Kier alpha value is -1.36. The van der Waals surface area contributed by atoms with E-state index in [1.807, 2.05) is 0 Å². The van der Waals surface area contributed by atoms with Crippen molar-refractivity contribution in [1.29, 1.82) is 0 Å². The van der Waals surface area contributed by atoms with E-state index in [9.17, 15) is 14.7 Å². The topological polar surface area (TPSA) is 72.8 Å². The fourth-order valence-corrected chi connectivity index (χ4v) is 6.67. The molecule has 1 atom stereocenters. The Morgan fingerprint density at radius 3 is 1.08 bits per heavy atom. The highest BCUT2D eigenvalue weighted by atomic mass is 16.6. The number of ether oxygens (including phenoxy) is 2. The zero-order valence-corrected chi connectivity index (χ0v) is 33.7. The van der Waals surface area contributed by atoms with Crippen molar-refractivity contribution < 1.29 is 24.2 Å². The van der Waals surface area contributed by atoms with E-state index in [-0.39, 0.29) is 25.2 Å². The maximum Gasteiger partial charge on any atom is 0.306 e. The fraction of sp³-hybridized carbons (Fsp3) is 0.911. The molecule has 0 aliphatic heterocycles. The highest BCUT2D eigenvalue weighted by molar-refractivity contribution is 5.70. The molecule has 0 radical (unpaired) electrons. The third kappa shape index (κ3) is 39.4. The average molecular weight is 707 g/mol. The van der Waals surface area contributed by atoms with Crippen molar-refractivity contribution in [3.63, 3.8) is 0 Å². The molecule has 50 heavy (non-hydrogen) atoms. The Morgan fingerprint density at radius 2 is 0.740 bits per heavy atom. The van der Waals surface area contributed by atoms with Gasteiger partial charge < -0.3 is 14.6 Å². The van der Waals surface area contributed by atoms with Crippen LogP contribution in [0.5, 0.6) is 0 Å². The number of rotatable bonds is 41. The Kier molecular flexibility index (Phi) is 40.9. The number of esters is 2. The summed E-state index contributed by atoms with van der Waals surface area (Å²) < 4.78 is 10.6. The molecule has 0 aromatic heterocycles. The van der Waals surface area contributed by atoms with E-state index < -0.39 is 6.10 Å². The van der Waals surface area contributed by atoms with Crippen molar-refractivity contribution in [2.24, 2.45) is 0 Å². The van der Waals surface area contributed by atoms with E-state index in [2.05, 4.69) is 26.0 Å². The van der Waals surface area contributed by atoms with Crippen LogP contribution in [0.3, 0.4) is 0 Å². The van der Waals surface area contributed by atoms with Crippen LogP contribution in [0.25, 0.3) is 0 Å². The lowest BCUT2D eigenvalue weighted by atomic mass is 10.0. The number of hydrogen-bond acceptors (Lipinski definition) is 5. The van der Waals surface area contributed by atoms with Crippen LogP contribution in [0.2, 0.25) is 0 Å². The first-order valence-electron chi connectivity index (χ1n) is 22.2. The normalized spacial score (nSPS) is 12.1. The second kappa shape index (κ2) is 42.1. The smallest absolute Gasteiger partial charge is 0.306 e. The van der Waals surface area contributed by atoms with E-state index >= 15 is 0 Å². The molecule has 1 unspecified atom stereocenters. The van der Waals surface area contributed by atoms with E-state index in [4.69, 9.17) is 9.47 Å². The van der Waals surface area contributed by atoms with Gasteiger partial charge in [0.1, 0.15) is 6.61 Å². The maximum atomic E-state index is 12.2. The van der Waals surface area contributed by atoms with Crippen molar-refractivity contribution in [3.05, 3.63) is 12.2 Å². The molecule has 0 aromatic rings. The summed E-state index contributed by atoms with van der Waals surface area (Å²) in [6.45, 7) is 4.16. The number of carbonyl (C=O) groups excluding carboxylic acids is 2. The van der Waals surface area contributed by atoms with Gasteiger partial charge in [0.05, 0.1) is 6.61 Å². The highest BCUT2D eigenvalue weighted by Gasteiger charge is 2.16. The van der Waals surface area contributed by atoms with Crippen molar-refractivity contribution >= 4 is 11.9 Å². The number of aliphatic hydroxyl groups is 1. The Labute approximate surface area is 311 Å². The molecule has 1 N–H and O–H groups in total. The predicted molar refractivity (Wildman–Crippen MR) is 215 cm³/mol. The molecule has 0 saturated heterocycles. The molecular formula is C45H86O5. The monoisotopic (exact) mass is 707 g/mol. The van der Waals surface area contributed by atoms with Crippen LogP contribution in [0.15, 0.2) is 12.2 Å². The number of aliphatic hydroxyl groups excluding tert-OH is 1. The summed E-state index contributed by atoms with van der Waals surface area (Å²) in [5.41, 5.74) is 0. The fourth-order valence-electron chi connectivity index (χ4n) is 6.67. The Bertz CT molecular complexity index is 720. The number of carbonyl (C=O) groups is 2. The van der Waals surface area contributed by atoms with E-state index in [0.29, 0.717) is 12.8 Å². The molecule has 5 nitrogen and oxygen atoms in total. The Balaban J connectivity index is 3.48. The standard InChI is InChI=1S/C45H86O5/c1-3-5-7-9-11-13-15-17-19-21-22-23-24-26-27-29-31-33-35-37-39-44(47)49-42-43(41-46)50-45(48)40-38-36-34-32-30-28-25-20-18-16-14-12-10-8-6-4-2/h20,25,43,46H,3-19,21-24,26-42H2,1-2H3/b25-20-. The summed E-state index contributed by atoms with van der Waals surface area (Å²) in [6, 6.07) is 0. The highest BCUT2D eigenvalue weighted by Crippen LogP contribution is 2.16. The van der Waals surface area contributed by atoms with Crippen LogP contribution in [-0.2, 0) is 19.1 Å². The van der Waals surface area contributed by atoms with Crippen LogP contribution in [0.4, 0.5) is 0 Å². The quantitative estimate of drug-likeness (QED) is 0.0389. The zero-order valence-electron chi connectivity index (χ0n) is 33.7. The van der Waals surface area contributed by atoms with Gasteiger partial charge in [-0.3, -0.25) is 9.59 Å². The van der Waals surface area contributed by atoms with Gasteiger partial charge >= 0.3 is 11.9 Å². The summed E-state index contributed by atoms with van der Waals surface area (Å²) >= 11 is 0. The zero-order chi connectivity index (χ0) is 36.4. The summed E-state index contributed by atoms with van der Waals surface area (Å²) in [5.74, 6) is -0.586. The van der Waals surface area contributed by atoms with Crippen molar-refractivity contribution in [1.82, 2.24) is 0 Å². The lowest BCUT2D eigenvalue weighted by Gasteiger charge is -2.15. The molecule has 0 heterocycles. The summed E-state index contributed by atoms with van der Waals surface area (Å²) in [5, 5.41) is 9.58. The van der Waals surface area contributed by atoms with Gasteiger partial charge in [0, 0.05) is 12.8 Å². The van der Waals surface area contributed by atoms with Crippen LogP contribution < -0.4 is 0 Å². The second-order valence-corrected chi connectivity index (χ2v) is 15.1. The van der Waals surface area contributed by atoms with Gasteiger partial charge in [0.25, 0.3) is 0 Å². The van der Waals surface area contributed by atoms with Crippen LogP contribution in [0.1, 0.15) is 245 Å². The average Bonchev–Trinajstić information content (AvgIpc) is 3.12. The molecule has 0 aliphatic rings. The van der Waals surface area contributed by atoms with Gasteiger partial charge in [0.15, 0.2) is 6.10 Å². The molecule has 296 valence electrons. The largest absolute Gasteiger partial charge is 0.462 e. The molecule has 0 fully saturated rings. The summed E-state index contributed by atoms with van der Waals surface area (Å²) in [4.78, 5) is 24.3. The molecule has 0 aromatic carbocycles. The first kappa shape index (κ1) is 48.6. The minimum Gasteiger partial charge on any atom is -0.462 e. The SMILES string of the molecule is CCCCCCCCC/C=C\CCCCCCCC(=O)OC(CO)COC(=O)CCCCCCCCCCCCCCCCCCCCCC. The number of hydrogen-bond donors (Lipinski definition) is 1. The van der Waals surface area contributed by atoms with Crippen LogP contribution in [0, 0.1) is 0 Å². The minimum absolute atomic E-state index is 0.0628. The third-order valence-electron chi connectivity index (χ3n) is 10.1. The van der Waals surface area contributed by atoms with Gasteiger partial charge in [-0.15, -0.1) is 0 Å². The van der Waals surface area contributed by atoms with E-state index in [1.165, 1.54) is 180 Å². The third-order valence-corrected chi connectivity index (χ3v) is 10.1. The Morgan fingerprint density at radius 1 is 0.440 bits per heavy atom. The van der Waals surface area contributed by atoms with Gasteiger partial charge in [-0.25, -0.2) is 0 Å². The van der Waals surface area contributed by atoms with Gasteiger partial charge in [0.2, 0.25) is 0 Å². The van der Waals surface area contributed by atoms with Crippen LogP contribution in [-0.4, -0.2) is 36.4 Å². The maximum absolute atomic E-state index is 12.2. The molecule has 5 heteroatoms. The second-order valence-electron chi connectivity index (χ2n) is 15.1. The first-order valence-corrected chi connectivity index (χ1v) is 22.2. The van der Waals surface area contributed by atoms with Gasteiger partial charge in [-0.2, -0.15) is 0 Å². The van der Waals surface area contributed by atoms with E-state index in [0.717, 1.165) is 38.5 Å². The molecule has 0 aliphatic carbocycles. The van der Waals surface area contributed by atoms with Gasteiger partial charge in [-0.05, 0) is 38.5 Å². The lowest BCUT2D eigenvalue weighted by Crippen LogP contribution is -2.28. The number of unbranched alkanes of at least 4 members (excludes halogenated alkanes) is 31. The first-order chi connectivity index (χ1) is 24.6. The molecule has 0 spiro atoms. The number of allylic oxidation sites excluding steroid dienone is 2. The van der Waals surface area contributed by atoms with Crippen molar-refractivity contribution in [3.8, 4) is 0 Å². The van der Waals surface area contributed by atoms with E-state index in [1.54, 1.807) is 0 Å². The molecular weight excluding hydrogens is 620 g/mol.